The molecule has 0 fully saturated rings. The zero-order valence-electron chi connectivity index (χ0n) is 11.6. The molecule has 0 aliphatic rings. The first-order valence-corrected chi connectivity index (χ1v) is 6.88. The fraction of sp³-hybridized carbons (Fsp3) is 0.167. The van der Waals surface area contributed by atoms with Crippen LogP contribution in [0, 0.1) is 0 Å². The van der Waals surface area contributed by atoms with Gasteiger partial charge in [-0.25, -0.2) is 0 Å². The maximum absolute atomic E-state index is 13.1. The third-order valence-corrected chi connectivity index (χ3v) is 2.55. The highest BCUT2D eigenvalue weighted by Crippen LogP contribution is 2.21. The molecule has 1 aromatic rings. The van der Waals surface area contributed by atoms with Gasteiger partial charge in [0.25, 0.3) is 0 Å². The molecule has 124 valence electrons. The molecule has 0 heterocycles. The predicted molar refractivity (Wildman–Crippen MR) is 90.9 cm³/mol. The Morgan fingerprint density at radius 2 is 1.52 bits per heavy atom. The summed E-state index contributed by atoms with van der Waals surface area (Å²) in [5.41, 5.74) is 13.9. The minimum atomic E-state index is -4.70. The Hall–Kier alpha value is -2.27. The van der Waals surface area contributed by atoms with Crippen LogP contribution in [-0.4, -0.2) is 27.8 Å². The molecule has 0 atom stereocenters. The van der Waals surface area contributed by atoms with Crippen molar-refractivity contribution >= 4 is 46.1 Å². The number of hydrogen-bond acceptors (Lipinski definition) is 4. The molecule has 1 rings (SSSR count). The minimum absolute atomic E-state index is 0.0409. The molecule has 0 saturated carbocycles. The summed E-state index contributed by atoms with van der Waals surface area (Å²) in [6.07, 6.45) is -5.34. The average molecular weight is 362 g/mol. The maximum Gasteiger partial charge on any atom is 0.431 e. The second-order valence-electron chi connectivity index (χ2n) is 4.11. The van der Waals surface area contributed by atoms with Crippen molar-refractivity contribution in [2.24, 2.45) is 21.7 Å². The van der Waals surface area contributed by atoms with E-state index in [4.69, 9.17) is 11.5 Å². The molecule has 0 spiro atoms. The summed E-state index contributed by atoms with van der Waals surface area (Å²) in [5, 5.41) is 6.43. The van der Waals surface area contributed by atoms with Crippen LogP contribution < -0.4 is 22.3 Å². The van der Waals surface area contributed by atoms with E-state index in [1.807, 2.05) is 5.43 Å². The van der Waals surface area contributed by atoms with Crippen LogP contribution in [0.3, 0.4) is 0 Å². The smallest absolute Gasteiger partial charge is 0.375 e. The molecule has 1 aromatic carbocycles. The lowest BCUT2D eigenvalue weighted by Gasteiger charge is -2.13. The van der Waals surface area contributed by atoms with Crippen molar-refractivity contribution < 1.29 is 13.2 Å². The van der Waals surface area contributed by atoms with E-state index in [1.165, 1.54) is 0 Å². The minimum Gasteiger partial charge on any atom is -0.375 e. The van der Waals surface area contributed by atoms with Gasteiger partial charge in [-0.1, -0.05) is 30.3 Å². The molecule has 0 aromatic heterocycles. The van der Waals surface area contributed by atoms with E-state index in [0.717, 1.165) is 0 Å². The summed E-state index contributed by atoms with van der Waals surface area (Å²) in [4.78, 5) is 0. The topological polar surface area (TPSA) is 101 Å². The van der Waals surface area contributed by atoms with Crippen LogP contribution >= 0.6 is 24.4 Å². The number of rotatable bonds is 5. The monoisotopic (exact) mass is 362 g/mol. The van der Waals surface area contributed by atoms with Crippen molar-refractivity contribution in [1.29, 1.82) is 0 Å². The Bertz CT molecular complexity index is 627. The summed E-state index contributed by atoms with van der Waals surface area (Å²) in [6, 6.07) is 8.21. The summed E-state index contributed by atoms with van der Waals surface area (Å²) in [6.45, 7) is 0. The second kappa shape index (κ2) is 8.39. The maximum atomic E-state index is 13.1. The number of halogens is 3. The zero-order chi connectivity index (χ0) is 17.5. The van der Waals surface area contributed by atoms with Crippen molar-refractivity contribution in [2.45, 2.75) is 12.6 Å². The van der Waals surface area contributed by atoms with Gasteiger partial charge in [0.2, 0.25) is 0 Å². The van der Waals surface area contributed by atoms with E-state index in [1.54, 1.807) is 30.3 Å². The summed E-state index contributed by atoms with van der Waals surface area (Å²) >= 11 is 9.04. The van der Waals surface area contributed by atoms with Crippen molar-refractivity contribution in [3.63, 3.8) is 0 Å². The van der Waals surface area contributed by atoms with Crippen molar-refractivity contribution in [1.82, 2.24) is 10.9 Å². The van der Waals surface area contributed by atoms with Crippen LogP contribution in [0.4, 0.5) is 13.2 Å². The second-order valence-corrected chi connectivity index (χ2v) is 4.99. The first-order valence-electron chi connectivity index (χ1n) is 6.06. The molecule has 11 heteroatoms. The van der Waals surface area contributed by atoms with Crippen LogP contribution in [-0.2, 0) is 0 Å². The highest BCUT2D eigenvalue weighted by atomic mass is 32.1. The molecule has 0 unspecified atom stereocenters. The zero-order valence-corrected chi connectivity index (χ0v) is 13.2. The number of nitrogens with one attached hydrogen (secondary N) is 2. The van der Waals surface area contributed by atoms with Crippen molar-refractivity contribution in [3.05, 3.63) is 35.9 Å². The van der Waals surface area contributed by atoms with Crippen molar-refractivity contribution in [3.8, 4) is 0 Å². The molecular weight excluding hydrogens is 349 g/mol. The average Bonchev–Trinajstić information content (AvgIpc) is 2.45. The molecular formula is C12H13F3N6S2. The lowest BCUT2D eigenvalue weighted by atomic mass is 10.0. The SMILES string of the molecule is NC(=S)N/N=C(/C/C(=N/NC(N)=S)C(F)(F)F)c1ccccc1. The Labute approximate surface area is 140 Å². The standard InChI is InChI=1S/C12H13F3N6S2/c13-12(14,15)9(19-21-11(17)23)6-8(18-20-10(16)22)7-4-2-1-3-5-7/h1-5H,6H2,(H3,16,20,22)(H3,17,21,23)/b18-8-,19-9-. The Kier molecular flexibility index (Phi) is 6.85. The van der Waals surface area contributed by atoms with E-state index in [-0.39, 0.29) is 15.9 Å². The van der Waals surface area contributed by atoms with E-state index < -0.39 is 18.3 Å². The van der Waals surface area contributed by atoms with Gasteiger partial charge in [-0.15, -0.1) is 0 Å². The quantitative estimate of drug-likeness (QED) is 0.359. The molecule has 0 aliphatic carbocycles. The van der Waals surface area contributed by atoms with Gasteiger partial charge < -0.3 is 11.5 Å². The van der Waals surface area contributed by atoms with Gasteiger partial charge in [0.05, 0.1) is 5.71 Å². The van der Waals surface area contributed by atoms with Crippen LogP contribution in [0.15, 0.2) is 40.5 Å². The third-order valence-electron chi connectivity index (χ3n) is 2.37. The molecule has 0 bridgehead atoms. The summed E-state index contributed by atoms with van der Waals surface area (Å²) < 4.78 is 39.2. The van der Waals surface area contributed by atoms with Crippen LogP contribution in [0.5, 0.6) is 0 Å². The van der Waals surface area contributed by atoms with Gasteiger partial charge in [0.15, 0.2) is 10.2 Å². The number of benzene rings is 1. The summed E-state index contributed by atoms with van der Waals surface area (Å²) in [5.74, 6) is 0. The van der Waals surface area contributed by atoms with Gasteiger partial charge in [-0.3, -0.25) is 10.9 Å². The number of hydrazone groups is 2. The molecule has 23 heavy (non-hydrogen) atoms. The van der Waals surface area contributed by atoms with Gasteiger partial charge in [0.1, 0.15) is 5.71 Å². The molecule has 0 radical (unpaired) electrons. The normalized spacial score (nSPS) is 12.7. The number of nitrogens with zero attached hydrogens (tertiary/aromatic N) is 2. The Morgan fingerprint density at radius 3 is 2.00 bits per heavy atom. The number of thiocarbonyl (C=S) groups is 2. The summed E-state index contributed by atoms with van der Waals surface area (Å²) in [7, 11) is 0. The third kappa shape index (κ3) is 7.02. The lowest BCUT2D eigenvalue weighted by Crippen LogP contribution is -2.33. The van der Waals surface area contributed by atoms with Gasteiger partial charge in [0, 0.05) is 6.42 Å². The van der Waals surface area contributed by atoms with Gasteiger partial charge in [-0.05, 0) is 30.0 Å². The van der Waals surface area contributed by atoms with Gasteiger partial charge in [-0.2, -0.15) is 23.4 Å². The number of hydrogen-bond donors (Lipinski definition) is 4. The highest BCUT2D eigenvalue weighted by molar-refractivity contribution is 7.80. The Balaban J connectivity index is 3.15. The first kappa shape index (κ1) is 18.8. The largest absolute Gasteiger partial charge is 0.431 e. The predicted octanol–water partition coefficient (Wildman–Crippen LogP) is 1.37. The van der Waals surface area contributed by atoms with E-state index in [0.29, 0.717) is 5.56 Å². The molecule has 6 N–H and O–H groups in total. The highest BCUT2D eigenvalue weighted by Gasteiger charge is 2.37. The first-order chi connectivity index (χ1) is 10.7. The molecule has 0 aliphatic heterocycles. The fourth-order valence-corrected chi connectivity index (χ4v) is 1.53. The number of alkyl halides is 3. The van der Waals surface area contributed by atoms with Crippen molar-refractivity contribution in [2.75, 3.05) is 0 Å². The van der Waals surface area contributed by atoms with Crippen LogP contribution in [0.25, 0.3) is 0 Å². The Morgan fingerprint density at radius 1 is 1.00 bits per heavy atom. The molecule has 0 saturated heterocycles. The molecule has 6 nitrogen and oxygen atoms in total. The van der Waals surface area contributed by atoms with E-state index in [9.17, 15) is 13.2 Å². The lowest BCUT2D eigenvalue weighted by molar-refractivity contribution is -0.0601. The number of nitrogens with two attached hydrogens (primary N) is 2. The molecule has 0 amide bonds. The van der Waals surface area contributed by atoms with Crippen LogP contribution in [0.1, 0.15) is 12.0 Å². The van der Waals surface area contributed by atoms with Gasteiger partial charge >= 0.3 is 6.18 Å². The van der Waals surface area contributed by atoms with E-state index >= 15 is 0 Å². The van der Waals surface area contributed by atoms with Crippen LogP contribution in [0.2, 0.25) is 0 Å². The van der Waals surface area contributed by atoms with E-state index in [2.05, 4.69) is 40.1 Å². The fourth-order valence-electron chi connectivity index (χ4n) is 1.44.